The summed E-state index contributed by atoms with van der Waals surface area (Å²) in [5, 5.41) is 8.38. The van der Waals surface area contributed by atoms with E-state index in [1.54, 1.807) is 0 Å². The predicted octanol–water partition coefficient (Wildman–Crippen LogP) is 3.00. The number of carbonyl (C=O) groups is 1. The second-order valence-electron chi connectivity index (χ2n) is 3.34. The minimum Gasteiger partial charge on any atom is -0.481 e. The maximum atomic E-state index is 10.2. The Morgan fingerprint density at radius 1 is 1.07 bits per heavy atom. The standard InChI is InChI=1S/C11H20O2.Ca/c1-2-3-4-5-6-7-8-9-10-11(12)13;/h2H,1,3-10H2,(H,12,13);. The van der Waals surface area contributed by atoms with Crippen LogP contribution >= 0.6 is 0 Å². The van der Waals surface area contributed by atoms with Crippen molar-refractivity contribution in [2.24, 2.45) is 0 Å². The van der Waals surface area contributed by atoms with Crippen LogP contribution in [0.4, 0.5) is 0 Å². The molecule has 0 aromatic carbocycles. The van der Waals surface area contributed by atoms with Crippen LogP contribution in [0.15, 0.2) is 12.7 Å². The summed E-state index contributed by atoms with van der Waals surface area (Å²) >= 11 is 0. The topological polar surface area (TPSA) is 37.3 Å². The Bertz CT molecular complexity index is 146. The van der Waals surface area contributed by atoms with Crippen LogP contribution in [0.25, 0.3) is 0 Å². The van der Waals surface area contributed by atoms with Gasteiger partial charge >= 0.3 is 5.97 Å². The van der Waals surface area contributed by atoms with E-state index in [9.17, 15) is 4.79 Å². The van der Waals surface area contributed by atoms with Gasteiger partial charge in [0.2, 0.25) is 0 Å². The van der Waals surface area contributed by atoms with Crippen LogP contribution in [0.3, 0.4) is 0 Å². The molecule has 0 rings (SSSR count). The minimum atomic E-state index is -0.674. The first-order chi connectivity index (χ1) is 6.27. The fraction of sp³-hybridized carbons (Fsp3) is 0.727. The van der Waals surface area contributed by atoms with Crippen molar-refractivity contribution in [3.05, 3.63) is 12.7 Å². The van der Waals surface area contributed by atoms with Crippen molar-refractivity contribution >= 4 is 43.7 Å². The monoisotopic (exact) mass is 224 g/mol. The Morgan fingerprint density at radius 2 is 1.57 bits per heavy atom. The van der Waals surface area contributed by atoms with E-state index in [0.717, 1.165) is 19.3 Å². The van der Waals surface area contributed by atoms with E-state index in [2.05, 4.69) is 6.58 Å². The van der Waals surface area contributed by atoms with Crippen molar-refractivity contribution in [3.63, 3.8) is 0 Å². The molecule has 0 fully saturated rings. The van der Waals surface area contributed by atoms with Crippen molar-refractivity contribution in [2.75, 3.05) is 0 Å². The first kappa shape index (κ1) is 16.9. The third-order valence-electron chi connectivity index (χ3n) is 2.05. The number of rotatable bonds is 9. The molecule has 0 amide bonds. The third-order valence-corrected chi connectivity index (χ3v) is 2.05. The summed E-state index contributed by atoms with van der Waals surface area (Å²) in [5.74, 6) is -0.674. The molecule has 0 bridgehead atoms. The second kappa shape index (κ2) is 13.5. The molecule has 0 spiro atoms. The molecule has 0 aliphatic heterocycles. The Kier molecular flexibility index (Phi) is 16.2. The molecule has 2 radical (unpaired) electrons. The zero-order chi connectivity index (χ0) is 9.94. The maximum absolute atomic E-state index is 10.2. The van der Waals surface area contributed by atoms with Crippen LogP contribution in [0.1, 0.15) is 51.4 Å². The predicted molar refractivity (Wildman–Crippen MR) is 60.5 cm³/mol. The summed E-state index contributed by atoms with van der Waals surface area (Å²) in [6.45, 7) is 3.66. The van der Waals surface area contributed by atoms with Gasteiger partial charge in [0.15, 0.2) is 0 Å². The van der Waals surface area contributed by atoms with Crippen molar-refractivity contribution in [3.8, 4) is 0 Å². The van der Waals surface area contributed by atoms with E-state index in [0.29, 0.717) is 6.42 Å². The molecular formula is C11H20CaO2. The van der Waals surface area contributed by atoms with Gasteiger partial charge in [-0.1, -0.05) is 31.8 Å². The minimum absolute atomic E-state index is 0. The van der Waals surface area contributed by atoms with Gasteiger partial charge < -0.3 is 5.11 Å². The Morgan fingerprint density at radius 3 is 2.07 bits per heavy atom. The molecule has 78 valence electrons. The molecule has 14 heavy (non-hydrogen) atoms. The van der Waals surface area contributed by atoms with E-state index in [1.165, 1.54) is 25.7 Å². The summed E-state index contributed by atoms with van der Waals surface area (Å²) in [6, 6.07) is 0. The van der Waals surface area contributed by atoms with Gasteiger partial charge in [0.1, 0.15) is 0 Å². The third kappa shape index (κ3) is 15.0. The van der Waals surface area contributed by atoms with Crippen LogP contribution in [-0.4, -0.2) is 48.8 Å². The molecule has 1 N–H and O–H groups in total. The number of carboxylic acid groups (broad SMARTS) is 1. The molecule has 3 heteroatoms. The van der Waals surface area contributed by atoms with Gasteiger partial charge in [-0.05, 0) is 19.3 Å². The summed E-state index contributed by atoms with van der Waals surface area (Å²) in [6.07, 6.45) is 10.1. The van der Waals surface area contributed by atoms with Gasteiger partial charge in [-0.3, -0.25) is 4.79 Å². The van der Waals surface area contributed by atoms with Crippen molar-refractivity contribution in [2.45, 2.75) is 51.4 Å². The molecule has 0 aliphatic carbocycles. The number of hydrogen-bond donors (Lipinski definition) is 1. The van der Waals surface area contributed by atoms with E-state index in [1.807, 2.05) is 6.08 Å². The summed E-state index contributed by atoms with van der Waals surface area (Å²) in [5.41, 5.74) is 0. The summed E-state index contributed by atoms with van der Waals surface area (Å²) < 4.78 is 0. The molecule has 0 aliphatic rings. The Hall–Kier alpha value is 0.470. The summed E-state index contributed by atoms with van der Waals surface area (Å²) in [7, 11) is 0. The van der Waals surface area contributed by atoms with Crippen LogP contribution in [0.2, 0.25) is 0 Å². The first-order valence-corrected chi connectivity index (χ1v) is 5.10. The Labute approximate surface area is 117 Å². The van der Waals surface area contributed by atoms with Crippen molar-refractivity contribution in [1.82, 2.24) is 0 Å². The summed E-state index contributed by atoms with van der Waals surface area (Å²) in [4.78, 5) is 10.2. The van der Waals surface area contributed by atoms with E-state index in [-0.39, 0.29) is 37.7 Å². The molecule has 0 unspecified atom stereocenters. The fourth-order valence-electron chi connectivity index (χ4n) is 1.27. The van der Waals surface area contributed by atoms with Crippen LogP contribution in [0.5, 0.6) is 0 Å². The van der Waals surface area contributed by atoms with E-state index in [4.69, 9.17) is 5.11 Å². The SMILES string of the molecule is C=CCCCCCCCCC(=O)O.[Ca]. The molecule has 0 atom stereocenters. The van der Waals surface area contributed by atoms with Crippen LogP contribution in [0, 0.1) is 0 Å². The van der Waals surface area contributed by atoms with Gasteiger partial charge in [0, 0.05) is 44.2 Å². The van der Waals surface area contributed by atoms with Crippen molar-refractivity contribution < 1.29 is 9.90 Å². The van der Waals surface area contributed by atoms with Gasteiger partial charge in [-0.2, -0.15) is 0 Å². The van der Waals surface area contributed by atoms with Crippen molar-refractivity contribution in [1.29, 1.82) is 0 Å². The smallest absolute Gasteiger partial charge is 0.303 e. The van der Waals surface area contributed by atoms with E-state index < -0.39 is 5.97 Å². The number of carboxylic acids is 1. The fourth-order valence-corrected chi connectivity index (χ4v) is 1.27. The van der Waals surface area contributed by atoms with E-state index >= 15 is 0 Å². The molecule has 0 aromatic rings. The normalized spacial score (nSPS) is 9.14. The largest absolute Gasteiger partial charge is 0.481 e. The van der Waals surface area contributed by atoms with Crippen LogP contribution in [-0.2, 0) is 4.79 Å². The number of unbranched alkanes of at least 4 members (excludes halogenated alkanes) is 6. The average molecular weight is 224 g/mol. The zero-order valence-electron chi connectivity index (χ0n) is 9.00. The van der Waals surface area contributed by atoms with Crippen LogP contribution < -0.4 is 0 Å². The number of aliphatic carboxylic acids is 1. The number of hydrogen-bond acceptors (Lipinski definition) is 1. The Balaban J connectivity index is 0. The van der Waals surface area contributed by atoms with Gasteiger partial charge in [0.05, 0.1) is 0 Å². The molecule has 0 heterocycles. The van der Waals surface area contributed by atoms with Gasteiger partial charge in [-0.25, -0.2) is 0 Å². The van der Waals surface area contributed by atoms with Gasteiger partial charge in [0.25, 0.3) is 0 Å². The molecule has 2 nitrogen and oxygen atoms in total. The molecule has 0 saturated heterocycles. The molecule has 0 saturated carbocycles. The van der Waals surface area contributed by atoms with Gasteiger partial charge in [-0.15, -0.1) is 6.58 Å². The maximum Gasteiger partial charge on any atom is 0.303 e. The quantitative estimate of drug-likeness (QED) is 0.371. The second-order valence-corrected chi connectivity index (χ2v) is 3.34. The first-order valence-electron chi connectivity index (χ1n) is 5.10. The number of allylic oxidation sites excluding steroid dienone is 1. The molecular weight excluding hydrogens is 204 g/mol. The molecule has 0 aromatic heterocycles. The zero-order valence-corrected chi connectivity index (χ0v) is 11.2. The average Bonchev–Trinajstić information content (AvgIpc) is 2.09.